The van der Waals surface area contributed by atoms with E-state index in [1.54, 1.807) is 11.3 Å². The molecule has 3 rings (SSSR count). The lowest BCUT2D eigenvalue weighted by atomic mass is 10.0. The van der Waals surface area contributed by atoms with Crippen LogP contribution in [-0.2, 0) is 11.5 Å². The standard InChI is InChI=1S/C15H11FOS/c16-17-10-12-9-14-13(7-4-8-15(14)18-12)11-5-2-1-3-6-11/h1-9H,10H2. The van der Waals surface area contributed by atoms with Gasteiger partial charge >= 0.3 is 0 Å². The summed E-state index contributed by atoms with van der Waals surface area (Å²) in [6, 6.07) is 18.4. The zero-order valence-corrected chi connectivity index (χ0v) is 10.4. The number of thiophene rings is 1. The molecule has 0 aliphatic heterocycles. The van der Waals surface area contributed by atoms with Crippen LogP contribution in [0.1, 0.15) is 4.88 Å². The smallest absolute Gasteiger partial charge is 0.122 e. The number of hydrogen-bond acceptors (Lipinski definition) is 2. The topological polar surface area (TPSA) is 9.23 Å². The second-order valence-corrected chi connectivity index (χ2v) is 5.22. The van der Waals surface area contributed by atoms with E-state index in [1.165, 1.54) is 11.1 Å². The Hall–Kier alpha value is -1.71. The monoisotopic (exact) mass is 258 g/mol. The molecule has 0 amide bonds. The van der Waals surface area contributed by atoms with E-state index in [4.69, 9.17) is 0 Å². The Morgan fingerprint density at radius 1 is 1.00 bits per heavy atom. The molecule has 0 radical (unpaired) electrons. The molecule has 1 heterocycles. The van der Waals surface area contributed by atoms with Gasteiger partial charge in [0.25, 0.3) is 0 Å². The van der Waals surface area contributed by atoms with Gasteiger partial charge in [-0.1, -0.05) is 42.5 Å². The average Bonchev–Trinajstić information content (AvgIpc) is 2.82. The van der Waals surface area contributed by atoms with Crippen molar-refractivity contribution in [2.75, 3.05) is 0 Å². The highest BCUT2D eigenvalue weighted by Crippen LogP contribution is 2.34. The molecule has 0 unspecified atom stereocenters. The molecule has 0 N–H and O–H groups in total. The van der Waals surface area contributed by atoms with Crippen molar-refractivity contribution in [3.05, 3.63) is 59.5 Å². The van der Waals surface area contributed by atoms with Crippen molar-refractivity contribution in [3.63, 3.8) is 0 Å². The molecular formula is C15H11FOS. The van der Waals surface area contributed by atoms with Gasteiger partial charge in [-0.15, -0.1) is 11.3 Å². The van der Waals surface area contributed by atoms with Crippen molar-refractivity contribution in [2.45, 2.75) is 6.61 Å². The summed E-state index contributed by atoms with van der Waals surface area (Å²) in [4.78, 5) is 4.61. The summed E-state index contributed by atoms with van der Waals surface area (Å²) < 4.78 is 13.1. The van der Waals surface area contributed by atoms with E-state index in [9.17, 15) is 4.53 Å². The molecule has 90 valence electrons. The summed E-state index contributed by atoms with van der Waals surface area (Å²) in [5, 5.41) is 1.15. The highest BCUT2D eigenvalue weighted by atomic mass is 32.1. The fraction of sp³-hybridized carbons (Fsp3) is 0.0667. The maximum absolute atomic E-state index is 11.9. The quantitative estimate of drug-likeness (QED) is 0.644. The zero-order chi connectivity index (χ0) is 12.4. The van der Waals surface area contributed by atoms with E-state index in [0.717, 1.165) is 15.0 Å². The van der Waals surface area contributed by atoms with Gasteiger partial charge in [-0.05, 0) is 27.8 Å². The van der Waals surface area contributed by atoms with Crippen LogP contribution in [0.3, 0.4) is 0 Å². The van der Waals surface area contributed by atoms with E-state index in [0.29, 0.717) is 0 Å². The second-order valence-electron chi connectivity index (χ2n) is 4.05. The van der Waals surface area contributed by atoms with Crippen LogP contribution in [0.5, 0.6) is 0 Å². The molecule has 0 saturated carbocycles. The minimum atomic E-state index is 0.0214. The fourth-order valence-corrected chi connectivity index (χ4v) is 3.10. The number of halogens is 1. The Bertz CT molecular complexity index is 661. The third-order valence-corrected chi connectivity index (χ3v) is 3.97. The van der Waals surface area contributed by atoms with Crippen LogP contribution in [0.4, 0.5) is 4.53 Å². The van der Waals surface area contributed by atoms with E-state index < -0.39 is 0 Å². The lowest BCUT2D eigenvalue weighted by Crippen LogP contribution is -1.78. The van der Waals surface area contributed by atoms with Crippen molar-refractivity contribution in [1.29, 1.82) is 0 Å². The SMILES string of the molecule is FOCc1cc2c(-c3ccccc3)cccc2s1. The highest BCUT2D eigenvalue weighted by Gasteiger charge is 2.07. The maximum atomic E-state index is 11.9. The molecule has 0 aliphatic carbocycles. The molecular weight excluding hydrogens is 247 g/mol. The summed E-state index contributed by atoms with van der Waals surface area (Å²) in [5.74, 6) is 0. The predicted molar refractivity (Wildman–Crippen MR) is 73.2 cm³/mol. The van der Waals surface area contributed by atoms with Gasteiger partial charge in [-0.2, -0.15) is 4.94 Å². The fourth-order valence-electron chi connectivity index (χ4n) is 2.11. The third-order valence-electron chi connectivity index (χ3n) is 2.89. The molecule has 2 aromatic carbocycles. The number of rotatable bonds is 3. The van der Waals surface area contributed by atoms with E-state index in [2.05, 4.69) is 23.1 Å². The molecule has 3 heteroatoms. The highest BCUT2D eigenvalue weighted by molar-refractivity contribution is 7.19. The van der Waals surface area contributed by atoms with Crippen molar-refractivity contribution >= 4 is 21.4 Å². The molecule has 0 atom stereocenters. The first-order valence-electron chi connectivity index (χ1n) is 5.69. The Morgan fingerprint density at radius 3 is 2.61 bits per heavy atom. The summed E-state index contributed by atoms with van der Waals surface area (Å²) in [6.45, 7) is 0.0214. The maximum Gasteiger partial charge on any atom is 0.122 e. The summed E-state index contributed by atoms with van der Waals surface area (Å²) in [6.07, 6.45) is 0. The third kappa shape index (κ3) is 2.03. The Balaban J connectivity index is 2.17. The number of benzene rings is 2. The molecule has 1 nitrogen and oxygen atoms in total. The molecule has 3 aromatic rings. The van der Waals surface area contributed by atoms with Crippen molar-refractivity contribution in [1.82, 2.24) is 0 Å². The van der Waals surface area contributed by atoms with E-state index >= 15 is 0 Å². The van der Waals surface area contributed by atoms with Crippen LogP contribution in [0.15, 0.2) is 54.6 Å². The van der Waals surface area contributed by atoms with Crippen LogP contribution >= 0.6 is 11.3 Å². The minimum absolute atomic E-state index is 0.0214. The van der Waals surface area contributed by atoms with Crippen LogP contribution in [-0.4, -0.2) is 0 Å². The first kappa shape index (κ1) is 11.4. The van der Waals surface area contributed by atoms with Crippen molar-refractivity contribution < 1.29 is 9.47 Å². The lowest BCUT2D eigenvalue weighted by Gasteiger charge is -2.02. The van der Waals surface area contributed by atoms with Gasteiger partial charge in [0.15, 0.2) is 0 Å². The molecule has 0 fully saturated rings. The zero-order valence-electron chi connectivity index (χ0n) is 9.60. The largest absolute Gasteiger partial charge is 0.189 e. The second kappa shape index (κ2) is 4.88. The normalized spacial score (nSPS) is 10.9. The van der Waals surface area contributed by atoms with Gasteiger partial charge in [-0.25, -0.2) is 0 Å². The average molecular weight is 258 g/mol. The molecule has 0 bridgehead atoms. The molecule has 1 aromatic heterocycles. The first-order chi connectivity index (χ1) is 8.88. The van der Waals surface area contributed by atoms with E-state index in [1.807, 2.05) is 36.4 Å². The van der Waals surface area contributed by atoms with Crippen LogP contribution in [0, 0.1) is 0 Å². The van der Waals surface area contributed by atoms with Crippen LogP contribution < -0.4 is 0 Å². The van der Waals surface area contributed by atoms with Crippen molar-refractivity contribution in [3.8, 4) is 11.1 Å². The Morgan fingerprint density at radius 2 is 1.83 bits per heavy atom. The van der Waals surface area contributed by atoms with E-state index in [-0.39, 0.29) is 6.61 Å². The summed E-state index contributed by atoms with van der Waals surface area (Å²) in [5.41, 5.74) is 2.35. The van der Waals surface area contributed by atoms with Gasteiger partial charge in [0.2, 0.25) is 0 Å². The van der Waals surface area contributed by atoms with Gasteiger partial charge in [0.1, 0.15) is 6.61 Å². The van der Waals surface area contributed by atoms with Gasteiger partial charge < -0.3 is 0 Å². The first-order valence-corrected chi connectivity index (χ1v) is 6.50. The molecule has 0 spiro atoms. The van der Waals surface area contributed by atoms with Crippen LogP contribution in [0.25, 0.3) is 21.2 Å². The molecule has 0 aliphatic rings. The van der Waals surface area contributed by atoms with Crippen LogP contribution in [0.2, 0.25) is 0 Å². The van der Waals surface area contributed by atoms with Gasteiger partial charge in [0.05, 0.1) is 0 Å². The summed E-state index contributed by atoms with van der Waals surface area (Å²) >= 11 is 1.57. The lowest BCUT2D eigenvalue weighted by molar-refractivity contribution is -0.143. The summed E-state index contributed by atoms with van der Waals surface area (Å²) in [7, 11) is 0. The van der Waals surface area contributed by atoms with Gasteiger partial charge in [0, 0.05) is 15.0 Å². The predicted octanol–water partition coefficient (Wildman–Crippen LogP) is 4.97. The molecule has 18 heavy (non-hydrogen) atoms. The number of hydrogen-bond donors (Lipinski definition) is 0. The minimum Gasteiger partial charge on any atom is -0.189 e. The van der Waals surface area contributed by atoms with Crippen molar-refractivity contribution in [2.24, 2.45) is 0 Å². The van der Waals surface area contributed by atoms with Gasteiger partial charge in [-0.3, -0.25) is 0 Å². The Labute approximate surface area is 108 Å². The Kier molecular flexibility index (Phi) is 3.09. The molecule has 0 saturated heterocycles. The number of fused-ring (bicyclic) bond motifs is 1.